The molecule has 30 heavy (non-hydrogen) atoms. The zero-order chi connectivity index (χ0) is 21.0. The first-order valence-corrected chi connectivity index (χ1v) is 9.83. The van der Waals surface area contributed by atoms with Gasteiger partial charge >= 0.3 is 6.36 Å². The van der Waals surface area contributed by atoms with E-state index in [9.17, 15) is 13.2 Å². The van der Waals surface area contributed by atoms with Crippen molar-refractivity contribution in [3.8, 4) is 5.75 Å². The Morgan fingerprint density at radius 3 is 2.50 bits per heavy atom. The van der Waals surface area contributed by atoms with Crippen LogP contribution in [0, 0.1) is 0 Å². The summed E-state index contributed by atoms with van der Waals surface area (Å²) in [7, 11) is 2.16. The second kappa shape index (κ2) is 9.09. The van der Waals surface area contributed by atoms with E-state index < -0.39 is 6.36 Å². The molecule has 1 radical (unpaired) electrons. The molecule has 2 saturated heterocycles. The summed E-state index contributed by atoms with van der Waals surface area (Å²) in [6.45, 7) is 5.02. The molecule has 1 aromatic carbocycles. The third-order valence-electron chi connectivity index (χ3n) is 4.90. The quantitative estimate of drug-likeness (QED) is 0.637. The van der Waals surface area contributed by atoms with Gasteiger partial charge in [-0.3, -0.25) is 4.90 Å². The molecule has 11 heteroatoms. The fraction of sp³-hybridized carbons (Fsp3) is 0.474. The minimum Gasteiger partial charge on any atom is -0.406 e. The number of alkyl halides is 3. The Bertz CT molecular complexity index is 843. The minimum atomic E-state index is -4.71. The number of ether oxygens (including phenoxy) is 2. The van der Waals surface area contributed by atoms with Crippen molar-refractivity contribution < 1.29 is 22.6 Å². The molecule has 0 saturated carbocycles. The minimum absolute atomic E-state index is 0.257. The number of aromatic nitrogens is 2. The van der Waals surface area contributed by atoms with Crippen molar-refractivity contribution in [2.45, 2.75) is 18.5 Å². The van der Waals surface area contributed by atoms with Gasteiger partial charge in [0.2, 0.25) is 0 Å². The maximum atomic E-state index is 12.3. The molecule has 1 atom stereocenters. The smallest absolute Gasteiger partial charge is 0.406 e. The molecule has 1 aromatic heterocycles. The summed E-state index contributed by atoms with van der Waals surface area (Å²) in [6.07, 6.45) is -2.29. The zero-order valence-corrected chi connectivity index (χ0v) is 16.3. The van der Waals surface area contributed by atoms with Crippen LogP contribution in [0.3, 0.4) is 0 Å². The Balaban J connectivity index is 1.42. The number of anilines is 3. The van der Waals surface area contributed by atoms with Gasteiger partial charge in [0, 0.05) is 37.4 Å². The molecule has 159 valence electrons. The van der Waals surface area contributed by atoms with Gasteiger partial charge in [-0.25, -0.2) is 9.97 Å². The Kier molecular flexibility index (Phi) is 6.28. The third kappa shape index (κ3) is 5.76. The normalized spacial score (nSPS) is 19.1. The van der Waals surface area contributed by atoms with E-state index in [1.54, 1.807) is 0 Å². The van der Waals surface area contributed by atoms with Crippen LogP contribution in [-0.2, 0) is 4.74 Å². The monoisotopic (exact) mass is 420 g/mol. The molecule has 2 fully saturated rings. The van der Waals surface area contributed by atoms with E-state index >= 15 is 0 Å². The van der Waals surface area contributed by atoms with Gasteiger partial charge < -0.3 is 20.1 Å². The average molecular weight is 420 g/mol. The molecule has 4 rings (SSSR count). The van der Waals surface area contributed by atoms with Crippen LogP contribution in [0.25, 0.3) is 0 Å². The highest BCUT2D eigenvalue weighted by molar-refractivity contribution is 6.51. The molecular formula is C19H22BF3N5O2. The van der Waals surface area contributed by atoms with Crippen molar-refractivity contribution in [1.82, 2.24) is 14.9 Å². The molecule has 2 aliphatic rings. The van der Waals surface area contributed by atoms with Crippen molar-refractivity contribution in [2.75, 3.05) is 50.0 Å². The summed E-state index contributed by atoms with van der Waals surface area (Å²) in [4.78, 5) is 11.1. The van der Waals surface area contributed by atoms with Crippen molar-refractivity contribution in [2.24, 2.45) is 0 Å². The van der Waals surface area contributed by atoms with Gasteiger partial charge in [-0.2, -0.15) is 0 Å². The van der Waals surface area contributed by atoms with E-state index in [1.165, 1.54) is 30.6 Å². The van der Waals surface area contributed by atoms with Crippen molar-refractivity contribution in [3.63, 3.8) is 0 Å². The lowest BCUT2D eigenvalue weighted by molar-refractivity contribution is -0.274. The average Bonchev–Trinajstić information content (AvgIpc) is 3.54. The van der Waals surface area contributed by atoms with Crippen molar-refractivity contribution in [1.29, 1.82) is 0 Å². The molecule has 7 nitrogen and oxygen atoms in total. The second-order valence-electron chi connectivity index (χ2n) is 7.14. The molecule has 0 spiro atoms. The number of morpholine rings is 1. The number of hydrogen-bond acceptors (Lipinski definition) is 7. The van der Waals surface area contributed by atoms with Gasteiger partial charge in [0.15, 0.2) is 0 Å². The maximum Gasteiger partial charge on any atom is 0.573 e. The number of rotatable bonds is 8. The van der Waals surface area contributed by atoms with Crippen molar-refractivity contribution >= 4 is 24.6 Å². The van der Waals surface area contributed by atoms with E-state index in [2.05, 4.69) is 37.5 Å². The van der Waals surface area contributed by atoms with Gasteiger partial charge in [-0.05, 0) is 30.1 Å². The highest BCUT2D eigenvalue weighted by Crippen LogP contribution is 2.40. The predicted molar refractivity (Wildman–Crippen MR) is 107 cm³/mol. The Morgan fingerprint density at radius 2 is 1.83 bits per heavy atom. The van der Waals surface area contributed by atoms with Gasteiger partial charge in [0.1, 0.15) is 31.0 Å². The van der Waals surface area contributed by atoms with Gasteiger partial charge in [-0.1, -0.05) is 6.32 Å². The van der Waals surface area contributed by atoms with Crippen LogP contribution in [0.1, 0.15) is 11.4 Å². The Labute approximate surface area is 173 Å². The van der Waals surface area contributed by atoms with E-state index in [4.69, 9.17) is 4.74 Å². The number of nitrogens with zero attached hydrogens (tertiary/aromatic N) is 3. The Morgan fingerprint density at radius 1 is 1.13 bits per heavy atom. The first kappa shape index (κ1) is 20.7. The van der Waals surface area contributed by atoms with Gasteiger partial charge in [0.25, 0.3) is 0 Å². The van der Waals surface area contributed by atoms with E-state index in [0.29, 0.717) is 11.5 Å². The van der Waals surface area contributed by atoms with Crippen LogP contribution >= 0.6 is 0 Å². The lowest BCUT2D eigenvalue weighted by Crippen LogP contribution is -2.39. The van der Waals surface area contributed by atoms with Gasteiger partial charge in [-0.15, -0.1) is 13.2 Å². The lowest BCUT2D eigenvalue weighted by Gasteiger charge is -2.26. The van der Waals surface area contributed by atoms with Crippen LogP contribution in [0.2, 0.25) is 6.32 Å². The summed E-state index contributed by atoms with van der Waals surface area (Å²) in [5, 5.41) is 6.59. The molecule has 2 N–H and O–H groups in total. The molecule has 0 bridgehead atoms. The summed E-state index contributed by atoms with van der Waals surface area (Å²) >= 11 is 0. The first-order valence-electron chi connectivity index (χ1n) is 9.83. The van der Waals surface area contributed by atoms with Crippen LogP contribution in [0.4, 0.5) is 30.5 Å². The lowest BCUT2D eigenvalue weighted by atomic mass is 9.96. The number of halogens is 3. The number of benzene rings is 1. The Hall–Kier alpha value is -2.53. The SMILES string of the molecule is FC(F)(F)Oc1ccc(Nc2ncnc(NCCN3CCOCC3)c2C2[B]C2)cc1. The molecule has 2 aliphatic heterocycles. The van der Waals surface area contributed by atoms with E-state index in [-0.39, 0.29) is 11.6 Å². The van der Waals surface area contributed by atoms with Gasteiger partial charge in [0.05, 0.1) is 13.2 Å². The van der Waals surface area contributed by atoms with Crippen LogP contribution in [0.5, 0.6) is 5.75 Å². The van der Waals surface area contributed by atoms with Crippen LogP contribution < -0.4 is 15.4 Å². The molecule has 0 amide bonds. The summed E-state index contributed by atoms with van der Waals surface area (Å²) in [5.74, 6) is 1.41. The fourth-order valence-corrected chi connectivity index (χ4v) is 3.32. The summed E-state index contributed by atoms with van der Waals surface area (Å²) < 4.78 is 46.3. The molecule has 3 heterocycles. The van der Waals surface area contributed by atoms with Crippen LogP contribution in [0.15, 0.2) is 30.6 Å². The standard InChI is InChI=1S/C19H22BF3N5O2/c21-19(22,23)30-14-3-1-13(2-4-14)27-18-16(15-11-20-15)17(25-12-26-18)24-5-6-28-7-9-29-10-8-28/h1-4,12,15H,5-11H2,(H2,24,25,26,27). The molecule has 1 unspecified atom stereocenters. The van der Waals surface area contributed by atoms with Crippen molar-refractivity contribution in [3.05, 3.63) is 36.2 Å². The number of nitrogens with one attached hydrogen (secondary N) is 2. The summed E-state index contributed by atoms with van der Waals surface area (Å²) in [6, 6.07) is 5.58. The fourth-order valence-electron chi connectivity index (χ4n) is 3.32. The highest BCUT2D eigenvalue weighted by atomic mass is 19.4. The van der Waals surface area contributed by atoms with E-state index in [1.807, 2.05) is 0 Å². The highest BCUT2D eigenvalue weighted by Gasteiger charge is 2.32. The maximum absolute atomic E-state index is 12.3. The van der Waals surface area contributed by atoms with E-state index in [0.717, 1.165) is 57.1 Å². The summed E-state index contributed by atoms with van der Waals surface area (Å²) in [5.41, 5.74) is 1.58. The molecule has 2 aromatic rings. The largest absolute Gasteiger partial charge is 0.573 e. The van der Waals surface area contributed by atoms with Crippen LogP contribution in [-0.4, -0.2) is 67.9 Å². The molecule has 0 aliphatic carbocycles. The molecular weight excluding hydrogens is 398 g/mol. The zero-order valence-electron chi connectivity index (χ0n) is 16.3. The first-order chi connectivity index (χ1) is 14.5. The second-order valence-corrected chi connectivity index (χ2v) is 7.14. The third-order valence-corrected chi connectivity index (χ3v) is 4.90. The predicted octanol–water partition coefficient (Wildman–Crippen LogP) is 3.04. The number of hydrogen-bond donors (Lipinski definition) is 2. The topological polar surface area (TPSA) is 71.5 Å².